The molecule has 0 aliphatic heterocycles. The Bertz CT molecular complexity index is 251. The van der Waals surface area contributed by atoms with Crippen molar-refractivity contribution in [3.8, 4) is 0 Å². The van der Waals surface area contributed by atoms with Gasteiger partial charge in [0.1, 0.15) is 0 Å². The first-order valence-corrected chi connectivity index (χ1v) is 5.40. The highest BCUT2D eigenvalue weighted by Crippen LogP contribution is 2.69. The van der Waals surface area contributed by atoms with E-state index in [1.165, 1.54) is 25.7 Å². The van der Waals surface area contributed by atoms with E-state index in [-0.39, 0.29) is 0 Å². The Labute approximate surface area is 75.0 Å². The fourth-order valence-electron chi connectivity index (χ4n) is 4.45. The van der Waals surface area contributed by atoms with E-state index in [0.717, 1.165) is 17.8 Å². The van der Waals surface area contributed by atoms with Crippen LogP contribution in [0, 0.1) is 23.2 Å². The molecule has 0 heterocycles. The Morgan fingerprint density at radius 3 is 3.08 bits per heavy atom. The van der Waals surface area contributed by atoms with Crippen molar-refractivity contribution >= 4 is 0 Å². The predicted octanol–water partition coefficient (Wildman–Crippen LogP) is 3.39. The summed E-state index contributed by atoms with van der Waals surface area (Å²) in [6.45, 7) is 4.88. The summed E-state index contributed by atoms with van der Waals surface area (Å²) in [4.78, 5) is 0. The Balaban J connectivity index is 1.96. The van der Waals surface area contributed by atoms with E-state index in [0.29, 0.717) is 5.41 Å². The van der Waals surface area contributed by atoms with Crippen LogP contribution in [0.4, 0.5) is 0 Å². The standard InChI is InChI=1S/C12H18/c1-8-6-7-12(2)10-5-3-4-9(10)11(8)12/h6,9-11H,3-5,7H2,1-2H3/t9-,10+,11+,12-/m0/s1. The third kappa shape index (κ3) is 0.582. The Morgan fingerprint density at radius 1 is 1.42 bits per heavy atom. The van der Waals surface area contributed by atoms with E-state index in [1.54, 1.807) is 5.57 Å². The van der Waals surface area contributed by atoms with Crippen molar-refractivity contribution in [2.45, 2.75) is 39.5 Å². The van der Waals surface area contributed by atoms with Crippen LogP contribution in [0.25, 0.3) is 0 Å². The van der Waals surface area contributed by atoms with E-state index >= 15 is 0 Å². The molecule has 0 aromatic carbocycles. The van der Waals surface area contributed by atoms with Crippen LogP contribution >= 0.6 is 0 Å². The minimum absolute atomic E-state index is 0.714. The van der Waals surface area contributed by atoms with Gasteiger partial charge >= 0.3 is 0 Å². The largest absolute Gasteiger partial charge is 0.0847 e. The van der Waals surface area contributed by atoms with E-state index in [1.807, 2.05) is 0 Å². The van der Waals surface area contributed by atoms with E-state index in [9.17, 15) is 0 Å². The summed E-state index contributed by atoms with van der Waals surface area (Å²) in [5.41, 5.74) is 2.42. The molecule has 0 N–H and O–H groups in total. The molecule has 0 saturated heterocycles. The second-order valence-corrected chi connectivity index (χ2v) is 5.34. The van der Waals surface area contributed by atoms with Gasteiger partial charge < -0.3 is 0 Å². The second kappa shape index (κ2) is 1.97. The maximum Gasteiger partial charge on any atom is -0.0115 e. The van der Waals surface area contributed by atoms with Crippen LogP contribution in [0.2, 0.25) is 0 Å². The third-order valence-corrected chi connectivity index (χ3v) is 4.91. The lowest BCUT2D eigenvalue weighted by atomic mass is 9.49. The highest BCUT2D eigenvalue weighted by molar-refractivity contribution is 5.27. The van der Waals surface area contributed by atoms with Gasteiger partial charge in [-0.1, -0.05) is 25.0 Å². The molecule has 0 unspecified atom stereocenters. The molecule has 3 aliphatic carbocycles. The van der Waals surface area contributed by atoms with Gasteiger partial charge in [-0.05, 0) is 49.4 Å². The predicted molar refractivity (Wildman–Crippen MR) is 50.8 cm³/mol. The molecule has 0 bridgehead atoms. The van der Waals surface area contributed by atoms with Crippen molar-refractivity contribution < 1.29 is 0 Å². The molecule has 2 saturated carbocycles. The summed E-state index contributed by atoms with van der Waals surface area (Å²) in [5, 5.41) is 0. The van der Waals surface area contributed by atoms with Crippen LogP contribution in [0.1, 0.15) is 39.5 Å². The third-order valence-electron chi connectivity index (χ3n) is 4.91. The van der Waals surface area contributed by atoms with Gasteiger partial charge in [0.05, 0.1) is 0 Å². The van der Waals surface area contributed by atoms with Crippen molar-refractivity contribution in [3.63, 3.8) is 0 Å². The lowest BCUT2D eigenvalue weighted by molar-refractivity contribution is -0.0540. The maximum absolute atomic E-state index is 2.52. The summed E-state index contributed by atoms with van der Waals surface area (Å²) in [5.74, 6) is 3.18. The molecule has 0 amide bonds. The van der Waals surface area contributed by atoms with E-state index < -0.39 is 0 Å². The van der Waals surface area contributed by atoms with Crippen LogP contribution in [-0.4, -0.2) is 0 Å². The highest BCUT2D eigenvalue weighted by Gasteiger charge is 2.61. The van der Waals surface area contributed by atoms with Gasteiger partial charge in [-0.2, -0.15) is 0 Å². The average molecular weight is 162 g/mol. The minimum atomic E-state index is 0.714. The van der Waals surface area contributed by atoms with Gasteiger partial charge in [-0.3, -0.25) is 0 Å². The van der Waals surface area contributed by atoms with Gasteiger partial charge in [0.2, 0.25) is 0 Å². The monoisotopic (exact) mass is 162 g/mol. The first kappa shape index (κ1) is 7.17. The van der Waals surface area contributed by atoms with Crippen LogP contribution in [0.5, 0.6) is 0 Å². The van der Waals surface area contributed by atoms with Crippen LogP contribution in [-0.2, 0) is 0 Å². The van der Waals surface area contributed by atoms with Gasteiger partial charge in [0.15, 0.2) is 0 Å². The first-order valence-electron chi connectivity index (χ1n) is 5.40. The molecular formula is C12H18. The van der Waals surface area contributed by atoms with Crippen LogP contribution < -0.4 is 0 Å². The van der Waals surface area contributed by atoms with Crippen molar-refractivity contribution in [1.29, 1.82) is 0 Å². The summed E-state index contributed by atoms with van der Waals surface area (Å²) in [6, 6.07) is 0. The molecule has 12 heavy (non-hydrogen) atoms. The molecule has 0 aromatic rings. The van der Waals surface area contributed by atoms with E-state index in [2.05, 4.69) is 19.9 Å². The number of rotatable bonds is 0. The van der Waals surface area contributed by atoms with Crippen molar-refractivity contribution in [1.82, 2.24) is 0 Å². The van der Waals surface area contributed by atoms with Gasteiger partial charge in [-0.25, -0.2) is 0 Å². The highest BCUT2D eigenvalue weighted by atomic mass is 14.7. The first-order chi connectivity index (χ1) is 5.73. The molecular weight excluding hydrogens is 144 g/mol. The Kier molecular flexibility index (Phi) is 1.18. The molecule has 0 nitrogen and oxygen atoms in total. The lowest BCUT2D eigenvalue weighted by Crippen LogP contribution is -2.50. The van der Waals surface area contributed by atoms with Crippen LogP contribution in [0.15, 0.2) is 11.6 Å². The molecule has 0 spiro atoms. The molecule has 0 radical (unpaired) electrons. The Morgan fingerprint density at radius 2 is 2.25 bits per heavy atom. The molecule has 66 valence electrons. The lowest BCUT2D eigenvalue weighted by Gasteiger charge is -2.55. The number of allylic oxidation sites excluding steroid dienone is 2. The molecule has 3 aliphatic rings. The zero-order valence-corrected chi connectivity index (χ0v) is 8.14. The zero-order valence-electron chi connectivity index (χ0n) is 8.14. The molecule has 0 heteroatoms. The van der Waals surface area contributed by atoms with Gasteiger partial charge in [0.25, 0.3) is 0 Å². The minimum Gasteiger partial charge on any atom is -0.0847 e. The summed E-state index contributed by atoms with van der Waals surface area (Å²) < 4.78 is 0. The fraction of sp³-hybridized carbons (Fsp3) is 0.833. The molecule has 2 fully saturated rings. The quantitative estimate of drug-likeness (QED) is 0.479. The molecule has 3 rings (SSSR count). The van der Waals surface area contributed by atoms with Gasteiger partial charge in [0, 0.05) is 0 Å². The summed E-state index contributed by atoms with van der Waals surface area (Å²) >= 11 is 0. The molecule has 0 aromatic heterocycles. The van der Waals surface area contributed by atoms with Crippen molar-refractivity contribution in [2.24, 2.45) is 23.2 Å². The Hall–Kier alpha value is -0.260. The van der Waals surface area contributed by atoms with Crippen molar-refractivity contribution in [2.75, 3.05) is 0 Å². The smallest absolute Gasteiger partial charge is 0.0115 e. The van der Waals surface area contributed by atoms with E-state index in [4.69, 9.17) is 0 Å². The zero-order chi connectivity index (χ0) is 8.34. The number of hydrogen-bond donors (Lipinski definition) is 0. The number of hydrogen-bond acceptors (Lipinski definition) is 0. The van der Waals surface area contributed by atoms with Gasteiger partial charge in [-0.15, -0.1) is 0 Å². The van der Waals surface area contributed by atoms with Crippen molar-refractivity contribution in [3.05, 3.63) is 11.6 Å². The maximum atomic E-state index is 2.52. The second-order valence-electron chi connectivity index (χ2n) is 5.34. The summed E-state index contributed by atoms with van der Waals surface area (Å²) in [6.07, 6.45) is 8.44. The normalized spacial score (nSPS) is 55.8. The fourth-order valence-corrected chi connectivity index (χ4v) is 4.45. The molecule has 4 atom stereocenters. The summed E-state index contributed by atoms with van der Waals surface area (Å²) in [7, 11) is 0. The topological polar surface area (TPSA) is 0 Å². The van der Waals surface area contributed by atoms with Crippen LogP contribution in [0.3, 0.4) is 0 Å². The number of fused-ring (bicyclic) bond motifs is 4. The average Bonchev–Trinajstić information content (AvgIpc) is 2.53. The SMILES string of the molecule is CC1=CC[C@@]2(C)[C@@H]3CCC[C@@H]3[C@@H]12.